The number of rotatable bonds is 4. The Morgan fingerprint density at radius 2 is 1.90 bits per heavy atom. The summed E-state index contributed by atoms with van der Waals surface area (Å²) in [5, 5.41) is 9.40. The van der Waals surface area contributed by atoms with Gasteiger partial charge in [0.2, 0.25) is 5.91 Å². The van der Waals surface area contributed by atoms with Crippen molar-refractivity contribution in [1.82, 2.24) is 4.90 Å². The van der Waals surface area contributed by atoms with Crippen molar-refractivity contribution in [3.05, 3.63) is 0 Å². The summed E-state index contributed by atoms with van der Waals surface area (Å²) in [5.74, 6) is -0.427. The fourth-order valence-corrected chi connectivity index (χ4v) is 4.87. The molecule has 1 heterocycles. The first-order valence-corrected chi connectivity index (χ1v) is 8.98. The molecule has 0 spiro atoms. The van der Waals surface area contributed by atoms with E-state index >= 15 is 0 Å². The highest BCUT2D eigenvalue weighted by atomic mass is 32.2. The highest BCUT2D eigenvalue weighted by Crippen LogP contribution is 2.41. The number of carbonyl (C=O) groups is 2. The van der Waals surface area contributed by atoms with Crippen LogP contribution in [0.5, 0.6) is 0 Å². The zero-order chi connectivity index (χ0) is 15.5. The van der Waals surface area contributed by atoms with E-state index in [1.165, 1.54) is 0 Å². The second-order valence-corrected chi connectivity index (χ2v) is 7.37. The molecule has 1 aliphatic carbocycles. The average Bonchev–Trinajstić information content (AvgIpc) is 2.77. The van der Waals surface area contributed by atoms with Crippen molar-refractivity contribution in [2.45, 2.75) is 63.3 Å². The van der Waals surface area contributed by atoms with Crippen LogP contribution in [-0.2, 0) is 9.59 Å². The Hall–Kier alpha value is -0.750. The van der Waals surface area contributed by atoms with E-state index in [1.54, 1.807) is 16.7 Å². The maximum atomic E-state index is 13.2. The predicted molar refractivity (Wildman–Crippen MR) is 84.0 cm³/mol. The van der Waals surface area contributed by atoms with Crippen molar-refractivity contribution in [3.63, 3.8) is 0 Å². The Kier molecular flexibility index (Phi) is 5.54. The number of nitrogens with zero attached hydrogens (tertiary/aromatic N) is 1. The zero-order valence-electron chi connectivity index (χ0n) is 12.7. The van der Waals surface area contributed by atoms with E-state index in [0.29, 0.717) is 12.3 Å². The topological polar surface area (TPSA) is 83.6 Å². The van der Waals surface area contributed by atoms with E-state index in [0.717, 1.165) is 44.9 Å². The van der Waals surface area contributed by atoms with Gasteiger partial charge in [0, 0.05) is 12.3 Å². The molecule has 6 heteroatoms. The molecule has 1 amide bonds. The van der Waals surface area contributed by atoms with Gasteiger partial charge in [-0.15, -0.1) is 11.8 Å². The fraction of sp³-hybridized carbons (Fsp3) is 0.867. The zero-order valence-corrected chi connectivity index (χ0v) is 13.5. The molecule has 0 bridgehead atoms. The Balaban J connectivity index is 2.26. The maximum absolute atomic E-state index is 13.2. The van der Waals surface area contributed by atoms with Gasteiger partial charge in [-0.05, 0) is 19.3 Å². The van der Waals surface area contributed by atoms with Crippen LogP contribution in [0.2, 0.25) is 0 Å². The van der Waals surface area contributed by atoms with Crippen LogP contribution >= 0.6 is 11.8 Å². The second kappa shape index (κ2) is 7.01. The second-order valence-electron chi connectivity index (χ2n) is 6.16. The van der Waals surface area contributed by atoms with E-state index < -0.39 is 17.4 Å². The number of carboxylic acid groups (broad SMARTS) is 1. The normalized spacial score (nSPS) is 29.1. The summed E-state index contributed by atoms with van der Waals surface area (Å²) in [4.78, 5) is 26.3. The highest BCUT2D eigenvalue weighted by Gasteiger charge is 2.48. The molecule has 1 saturated heterocycles. The Labute approximate surface area is 130 Å². The lowest BCUT2D eigenvalue weighted by atomic mass is 9.78. The minimum absolute atomic E-state index is 0.0175. The van der Waals surface area contributed by atoms with E-state index in [2.05, 4.69) is 0 Å². The summed E-state index contributed by atoms with van der Waals surface area (Å²) in [5.41, 5.74) is 5.44. The third kappa shape index (κ3) is 3.21. The summed E-state index contributed by atoms with van der Waals surface area (Å²) in [7, 11) is 0. The lowest BCUT2D eigenvalue weighted by Crippen LogP contribution is -2.54. The van der Waals surface area contributed by atoms with Crippen LogP contribution in [0, 0.1) is 5.41 Å². The average molecular weight is 314 g/mol. The van der Waals surface area contributed by atoms with Crippen molar-refractivity contribution in [1.29, 1.82) is 0 Å². The van der Waals surface area contributed by atoms with E-state index in [4.69, 9.17) is 5.73 Å². The van der Waals surface area contributed by atoms with E-state index in [9.17, 15) is 14.7 Å². The Bertz CT molecular complexity index is 394. The van der Waals surface area contributed by atoms with Crippen LogP contribution in [0.15, 0.2) is 0 Å². The molecule has 2 atom stereocenters. The molecule has 3 N–H and O–H groups in total. The van der Waals surface area contributed by atoms with Gasteiger partial charge in [0.15, 0.2) is 0 Å². The molecule has 0 radical (unpaired) electrons. The fourth-order valence-electron chi connectivity index (χ4n) is 3.53. The number of nitrogens with two attached hydrogens (primary N) is 1. The number of carboxylic acids is 1. The Morgan fingerprint density at radius 3 is 2.38 bits per heavy atom. The number of amides is 1. The van der Waals surface area contributed by atoms with E-state index in [1.807, 2.05) is 6.92 Å². The molecule has 2 fully saturated rings. The number of hydrogen-bond donors (Lipinski definition) is 2. The molecule has 0 aromatic carbocycles. The first-order valence-electron chi connectivity index (χ1n) is 7.93. The van der Waals surface area contributed by atoms with Crippen LogP contribution in [0.25, 0.3) is 0 Å². The quantitative estimate of drug-likeness (QED) is 0.776. The first kappa shape index (κ1) is 16.6. The summed E-state index contributed by atoms with van der Waals surface area (Å²) >= 11 is 1.58. The molecule has 2 rings (SSSR count). The van der Waals surface area contributed by atoms with Crippen LogP contribution in [-0.4, -0.2) is 45.6 Å². The number of hydrogen-bond acceptors (Lipinski definition) is 4. The largest absolute Gasteiger partial charge is 0.480 e. The third-order valence-corrected chi connectivity index (χ3v) is 6.32. The van der Waals surface area contributed by atoms with Gasteiger partial charge in [-0.25, -0.2) is 4.79 Å². The molecular formula is C15H26N2O3S. The lowest BCUT2D eigenvalue weighted by Gasteiger charge is -2.38. The van der Waals surface area contributed by atoms with Gasteiger partial charge in [0.1, 0.15) is 6.04 Å². The summed E-state index contributed by atoms with van der Waals surface area (Å²) in [6, 6.07) is -0.695. The van der Waals surface area contributed by atoms with Crippen LogP contribution < -0.4 is 5.73 Å². The highest BCUT2D eigenvalue weighted by molar-refractivity contribution is 8.00. The molecule has 2 aliphatic rings. The number of aliphatic carboxylic acids is 1. The van der Waals surface area contributed by atoms with Gasteiger partial charge >= 0.3 is 5.97 Å². The minimum atomic E-state index is -0.896. The lowest BCUT2D eigenvalue weighted by molar-refractivity contribution is -0.154. The van der Waals surface area contributed by atoms with Crippen LogP contribution in [0.1, 0.15) is 51.9 Å². The molecule has 2 unspecified atom stereocenters. The molecular weight excluding hydrogens is 288 g/mol. The molecule has 1 aliphatic heterocycles. The first-order chi connectivity index (χ1) is 10.1. The minimum Gasteiger partial charge on any atom is -0.480 e. The van der Waals surface area contributed by atoms with Gasteiger partial charge < -0.3 is 15.7 Å². The number of thioether (sulfide) groups is 1. The van der Waals surface area contributed by atoms with Crippen LogP contribution in [0.3, 0.4) is 0 Å². The van der Waals surface area contributed by atoms with Crippen molar-refractivity contribution in [2.75, 3.05) is 12.3 Å². The third-order valence-electron chi connectivity index (χ3n) is 4.87. The van der Waals surface area contributed by atoms with E-state index in [-0.39, 0.29) is 11.3 Å². The number of carbonyl (C=O) groups excluding carboxylic acids is 1. The smallest absolute Gasteiger partial charge is 0.327 e. The molecule has 5 nitrogen and oxygen atoms in total. The monoisotopic (exact) mass is 314 g/mol. The maximum Gasteiger partial charge on any atom is 0.327 e. The van der Waals surface area contributed by atoms with Gasteiger partial charge in [0.25, 0.3) is 0 Å². The standard InChI is InChI=1S/C15H26N2O3S/c1-2-12-17(11(9-21-12)13(18)19)14(20)15(10-16)7-5-3-4-6-8-15/h11-12H,2-10,16H2,1H3,(H,18,19). The molecule has 1 saturated carbocycles. The molecule has 120 valence electrons. The van der Waals surface area contributed by atoms with Gasteiger partial charge in [-0.2, -0.15) is 0 Å². The summed E-state index contributed by atoms with van der Waals surface area (Å²) in [6.07, 6.45) is 6.68. The van der Waals surface area contributed by atoms with Gasteiger partial charge in [-0.3, -0.25) is 4.79 Å². The summed E-state index contributed by atoms with van der Waals surface area (Å²) < 4.78 is 0. The predicted octanol–water partition coefficient (Wildman–Crippen LogP) is 2.05. The van der Waals surface area contributed by atoms with Crippen molar-refractivity contribution >= 4 is 23.6 Å². The van der Waals surface area contributed by atoms with Crippen LogP contribution in [0.4, 0.5) is 0 Å². The SMILES string of the molecule is CCC1SCC(C(=O)O)N1C(=O)C1(CN)CCCCCC1. The summed E-state index contributed by atoms with van der Waals surface area (Å²) in [6.45, 7) is 2.33. The Morgan fingerprint density at radius 1 is 1.29 bits per heavy atom. The van der Waals surface area contributed by atoms with Gasteiger partial charge in [-0.1, -0.05) is 32.6 Å². The van der Waals surface area contributed by atoms with Gasteiger partial charge in [0.05, 0.1) is 10.8 Å². The van der Waals surface area contributed by atoms with Crippen molar-refractivity contribution in [2.24, 2.45) is 11.1 Å². The van der Waals surface area contributed by atoms with Crippen molar-refractivity contribution in [3.8, 4) is 0 Å². The molecule has 21 heavy (non-hydrogen) atoms. The van der Waals surface area contributed by atoms with Crippen molar-refractivity contribution < 1.29 is 14.7 Å². The molecule has 0 aromatic rings. The molecule has 0 aromatic heterocycles.